The van der Waals surface area contributed by atoms with E-state index in [2.05, 4.69) is 47.5 Å². The molecule has 0 amide bonds. The van der Waals surface area contributed by atoms with Gasteiger partial charge in [-0.1, -0.05) is 22.6 Å². The second-order valence-corrected chi connectivity index (χ2v) is 5.85. The Hall–Kier alpha value is -0.500. The predicted octanol–water partition coefficient (Wildman–Crippen LogP) is 2.07. The molecule has 0 aromatic carbocycles. The normalized spacial score (nSPS) is 11.2. The number of terminal acetylenes is 1. The zero-order chi connectivity index (χ0) is 9.35. The van der Waals surface area contributed by atoms with Crippen molar-refractivity contribution in [1.82, 2.24) is 9.78 Å². The average Bonchev–Trinajstić information content (AvgIpc) is 2.29. The summed E-state index contributed by atoms with van der Waals surface area (Å²) in [4.78, 5) is 0. The number of aryl methyl sites for hydroxylation is 1. The second kappa shape index (κ2) is 3.09. The lowest BCUT2D eigenvalue weighted by atomic mass is 10.1. The summed E-state index contributed by atoms with van der Waals surface area (Å²) in [5.74, 6) is 2.52. The van der Waals surface area contributed by atoms with Crippen molar-refractivity contribution in [2.45, 2.75) is 17.3 Å². The molecule has 0 aliphatic rings. The van der Waals surface area contributed by atoms with E-state index in [1.807, 2.05) is 17.8 Å². The SMILES string of the molecule is C#Cc1cc(C(C)(C)I)n(C)n1. The molecule has 1 heterocycles. The van der Waals surface area contributed by atoms with Crippen LogP contribution in [0.4, 0.5) is 0 Å². The molecule has 0 aliphatic heterocycles. The number of rotatable bonds is 1. The van der Waals surface area contributed by atoms with Crippen LogP contribution in [0.15, 0.2) is 6.07 Å². The predicted molar refractivity (Wildman–Crippen MR) is 58.2 cm³/mol. The molecule has 0 radical (unpaired) electrons. The van der Waals surface area contributed by atoms with Crippen LogP contribution in [0.25, 0.3) is 0 Å². The second-order valence-electron chi connectivity index (χ2n) is 3.16. The van der Waals surface area contributed by atoms with Crippen molar-refractivity contribution >= 4 is 22.6 Å². The molecule has 0 aliphatic carbocycles. The Morgan fingerprint density at radius 1 is 1.67 bits per heavy atom. The van der Waals surface area contributed by atoms with Gasteiger partial charge in [0.15, 0.2) is 0 Å². The van der Waals surface area contributed by atoms with Gasteiger partial charge in [-0.05, 0) is 25.8 Å². The summed E-state index contributed by atoms with van der Waals surface area (Å²) in [6, 6.07) is 1.95. The van der Waals surface area contributed by atoms with Crippen LogP contribution in [0, 0.1) is 12.3 Å². The first-order chi connectivity index (χ1) is 5.45. The first-order valence-electron chi connectivity index (χ1n) is 3.65. The zero-order valence-electron chi connectivity index (χ0n) is 7.43. The van der Waals surface area contributed by atoms with Crippen molar-refractivity contribution in [3.63, 3.8) is 0 Å². The summed E-state index contributed by atoms with van der Waals surface area (Å²) in [5.41, 5.74) is 1.85. The average molecular weight is 274 g/mol. The van der Waals surface area contributed by atoms with Crippen molar-refractivity contribution < 1.29 is 0 Å². The third-order valence-corrected chi connectivity index (χ3v) is 2.19. The van der Waals surface area contributed by atoms with Crippen molar-refractivity contribution in [2.24, 2.45) is 7.05 Å². The molecule has 0 spiro atoms. The van der Waals surface area contributed by atoms with Gasteiger partial charge in [-0.15, -0.1) is 6.42 Å². The molecule has 12 heavy (non-hydrogen) atoms. The minimum absolute atomic E-state index is 0.0780. The molecule has 0 unspecified atom stereocenters. The number of halogens is 1. The monoisotopic (exact) mass is 274 g/mol. The molecule has 0 atom stereocenters. The summed E-state index contributed by atoms with van der Waals surface area (Å²) in [6.45, 7) is 4.26. The number of hydrogen-bond donors (Lipinski definition) is 0. The number of alkyl halides is 1. The fraction of sp³-hybridized carbons (Fsp3) is 0.444. The molecule has 3 heteroatoms. The van der Waals surface area contributed by atoms with E-state index in [1.54, 1.807) is 0 Å². The van der Waals surface area contributed by atoms with Crippen molar-refractivity contribution in [3.8, 4) is 12.3 Å². The van der Waals surface area contributed by atoms with Gasteiger partial charge in [0.25, 0.3) is 0 Å². The topological polar surface area (TPSA) is 17.8 Å². The molecule has 1 rings (SSSR count). The summed E-state index contributed by atoms with van der Waals surface area (Å²) in [7, 11) is 1.91. The highest BCUT2D eigenvalue weighted by molar-refractivity contribution is 14.1. The van der Waals surface area contributed by atoms with E-state index in [-0.39, 0.29) is 3.42 Å². The van der Waals surface area contributed by atoms with Gasteiger partial charge in [0.2, 0.25) is 0 Å². The molecule has 2 nitrogen and oxygen atoms in total. The first-order valence-corrected chi connectivity index (χ1v) is 4.73. The van der Waals surface area contributed by atoms with E-state index in [0.29, 0.717) is 5.69 Å². The van der Waals surface area contributed by atoms with Crippen LogP contribution in [0.5, 0.6) is 0 Å². The van der Waals surface area contributed by atoms with Gasteiger partial charge >= 0.3 is 0 Å². The van der Waals surface area contributed by atoms with Crippen molar-refractivity contribution in [3.05, 3.63) is 17.5 Å². The molecule has 0 N–H and O–H groups in total. The standard InChI is InChI=1S/C9H11IN2/c1-5-7-6-8(9(2,3)10)12(4)11-7/h1,6H,2-4H3. The lowest BCUT2D eigenvalue weighted by Gasteiger charge is -2.15. The Kier molecular flexibility index (Phi) is 2.47. The lowest BCUT2D eigenvalue weighted by molar-refractivity contribution is 0.653. The van der Waals surface area contributed by atoms with Gasteiger partial charge in [0.05, 0.1) is 9.12 Å². The quantitative estimate of drug-likeness (QED) is 0.435. The fourth-order valence-electron chi connectivity index (χ4n) is 1.09. The molecular weight excluding hydrogens is 263 g/mol. The third-order valence-electron chi connectivity index (χ3n) is 1.64. The number of nitrogens with zero attached hydrogens (tertiary/aromatic N) is 2. The van der Waals surface area contributed by atoms with E-state index in [4.69, 9.17) is 6.42 Å². The van der Waals surface area contributed by atoms with E-state index in [1.165, 1.54) is 0 Å². The Morgan fingerprint density at radius 2 is 2.25 bits per heavy atom. The fourth-order valence-corrected chi connectivity index (χ4v) is 1.60. The summed E-state index contributed by atoms with van der Waals surface area (Å²) in [5, 5.41) is 4.17. The van der Waals surface area contributed by atoms with E-state index in [0.717, 1.165) is 5.69 Å². The van der Waals surface area contributed by atoms with Crippen LogP contribution in [-0.2, 0) is 10.5 Å². The van der Waals surface area contributed by atoms with E-state index in [9.17, 15) is 0 Å². The maximum Gasteiger partial charge on any atom is 0.135 e. The summed E-state index contributed by atoms with van der Waals surface area (Å²) >= 11 is 2.37. The summed E-state index contributed by atoms with van der Waals surface area (Å²) in [6.07, 6.45) is 5.25. The minimum atomic E-state index is 0.0780. The molecular formula is C9H11IN2. The van der Waals surface area contributed by atoms with Crippen LogP contribution in [0.3, 0.4) is 0 Å². The molecule has 0 bridgehead atoms. The third kappa shape index (κ3) is 1.81. The minimum Gasteiger partial charge on any atom is -0.270 e. The highest BCUT2D eigenvalue weighted by atomic mass is 127. The molecule has 0 saturated carbocycles. The Morgan fingerprint density at radius 3 is 2.50 bits per heavy atom. The highest BCUT2D eigenvalue weighted by Gasteiger charge is 2.20. The maximum atomic E-state index is 5.25. The number of hydrogen-bond acceptors (Lipinski definition) is 1. The Bertz CT molecular complexity index is 325. The van der Waals surface area contributed by atoms with E-state index < -0.39 is 0 Å². The van der Waals surface area contributed by atoms with Crippen LogP contribution in [0.2, 0.25) is 0 Å². The smallest absolute Gasteiger partial charge is 0.135 e. The molecule has 1 aromatic rings. The van der Waals surface area contributed by atoms with E-state index >= 15 is 0 Å². The molecule has 1 aromatic heterocycles. The summed E-state index contributed by atoms with van der Waals surface area (Å²) < 4.78 is 1.91. The van der Waals surface area contributed by atoms with Gasteiger partial charge in [-0.2, -0.15) is 5.10 Å². The van der Waals surface area contributed by atoms with Crippen LogP contribution in [0.1, 0.15) is 25.2 Å². The molecule has 0 saturated heterocycles. The highest BCUT2D eigenvalue weighted by Crippen LogP contribution is 2.30. The number of aromatic nitrogens is 2. The Balaban J connectivity index is 3.19. The molecule has 0 fully saturated rings. The molecule has 64 valence electrons. The van der Waals surface area contributed by atoms with Gasteiger partial charge in [-0.25, -0.2) is 0 Å². The van der Waals surface area contributed by atoms with Crippen LogP contribution in [-0.4, -0.2) is 9.78 Å². The van der Waals surface area contributed by atoms with Gasteiger partial charge < -0.3 is 0 Å². The van der Waals surface area contributed by atoms with Crippen molar-refractivity contribution in [1.29, 1.82) is 0 Å². The van der Waals surface area contributed by atoms with Crippen LogP contribution < -0.4 is 0 Å². The van der Waals surface area contributed by atoms with Gasteiger partial charge in [-0.3, -0.25) is 4.68 Å². The van der Waals surface area contributed by atoms with Crippen LogP contribution >= 0.6 is 22.6 Å². The van der Waals surface area contributed by atoms with Gasteiger partial charge in [0.1, 0.15) is 5.69 Å². The Labute approximate surface area is 86.5 Å². The lowest BCUT2D eigenvalue weighted by Crippen LogP contribution is -2.12. The van der Waals surface area contributed by atoms with Gasteiger partial charge in [0, 0.05) is 7.05 Å². The zero-order valence-corrected chi connectivity index (χ0v) is 9.58. The first kappa shape index (κ1) is 9.59. The largest absolute Gasteiger partial charge is 0.270 e. The maximum absolute atomic E-state index is 5.25. The van der Waals surface area contributed by atoms with Crippen molar-refractivity contribution in [2.75, 3.05) is 0 Å².